The lowest BCUT2D eigenvalue weighted by Crippen LogP contribution is -2.53. The van der Waals surface area contributed by atoms with E-state index in [0.717, 1.165) is 19.4 Å². The summed E-state index contributed by atoms with van der Waals surface area (Å²) in [6, 6.07) is -1.43. The average Bonchev–Trinajstić information content (AvgIpc) is 2.42. The molecule has 0 aliphatic carbocycles. The molecular formula is C13H23N3O4. The number of hydrogen-bond donors (Lipinski definition) is 4. The Morgan fingerprint density at radius 1 is 1.45 bits per heavy atom. The van der Waals surface area contributed by atoms with Gasteiger partial charge in [-0.05, 0) is 31.7 Å². The lowest BCUT2D eigenvalue weighted by molar-refractivity contribution is -0.142. The molecule has 0 aromatic carbocycles. The normalized spacial score (nSPS) is 23.9. The Labute approximate surface area is 118 Å². The second-order valence-electron chi connectivity index (χ2n) is 5.21. The van der Waals surface area contributed by atoms with Crippen LogP contribution in [0.25, 0.3) is 0 Å². The van der Waals surface area contributed by atoms with Gasteiger partial charge >= 0.3 is 5.97 Å². The molecular weight excluding hydrogens is 262 g/mol. The molecule has 0 spiro atoms. The summed E-state index contributed by atoms with van der Waals surface area (Å²) in [5.41, 5.74) is 4.99. The molecule has 0 aromatic heterocycles. The summed E-state index contributed by atoms with van der Waals surface area (Å²) in [5, 5.41) is 14.6. The number of nitrogens with two attached hydrogens (primary N) is 1. The Hall–Kier alpha value is -1.63. The van der Waals surface area contributed by atoms with Crippen LogP contribution >= 0.6 is 0 Å². The molecule has 3 atom stereocenters. The van der Waals surface area contributed by atoms with Crippen molar-refractivity contribution < 1.29 is 19.5 Å². The van der Waals surface area contributed by atoms with Crippen LogP contribution in [0.3, 0.4) is 0 Å². The topological polar surface area (TPSA) is 122 Å². The van der Waals surface area contributed by atoms with Crippen LogP contribution in [-0.4, -0.2) is 41.5 Å². The predicted octanol–water partition coefficient (Wildman–Crippen LogP) is -0.400. The first-order valence-corrected chi connectivity index (χ1v) is 6.98. The molecule has 7 nitrogen and oxygen atoms in total. The third kappa shape index (κ3) is 5.16. The monoisotopic (exact) mass is 285 g/mol. The van der Waals surface area contributed by atoms with E-state index < -0.39 is 17.9 Å². The number of carboxylic acid groups (broad SMARTS) is 1. The largest absolute Gasteiger partial charge is 0.480 e. The van der Waals surface area contributed by atoms with Crippen LogP contribution in [0.15, 0.2) is 0 Å². The molecule has 1 aliphatic heterocycles. The van der Waals surface area contributed by atoms with Gasteiger partial charge < -0.3 is 21.5 Å². The summed E-state index contributed by atoms with van der Waals surface area (Å²) < 4.78 is 0. The Balaban J connectivity index is 2.52. The van der Waals surface area contributed by atoms with E-state index in [4.69, 9.17) is 10.8 Å². The van der Waals surface area contributed by atoms with E-state index in [1.165, 1.54) is 0 Å². The van der Waals surface area contributed by atoms with Crippen LogP contribution in [0.4, 0.5) is 0 Å². The van der Waals surface area contributed by atoms with Crippen molar-refractivity contribution in [1.29, 1.82) is 0 Å². The van der Waals surface area contributed by atoms with Gasteiger partial charge in [-0.15, -0.1) is 0 Å². The van der Waals surface area contributed by atoms with E-state index in [0.29, 0.717) is 12.3 Å². The zero-order valence-electron chi connectivity index (χ0n) is 11.7. The van der Waals surface area contributed by atoms with Gasteiger partial charge in [0.1, 0.15) is 6.04 Å². The third-order valence-corrected chi connectivity index (χ3v) is 3.70. The summed E-state index contributed by atoms with van der Waals surface area (Å²) in [6.45, 7) is 2.84. The summed E-state index contributed by atoms with van der Waals surface area (Å²) >= 11 is 0. The van der Waals surface area contributed by atoms with Crippen molar-refractivity contribution in [2.24, 2.45) is 11.7 Å². The molecule has 2 unspecified atom stereocenters. The van der Waals surface area contributed by atoms with Gasteiger partial charge in [0, 0.05) is 6.42 Å². The van der Waals surface area contributed by atoms with Gasteiger partial charge in [-0.25, -0.2) is 4.79 Å². The number of carbonyl (C=O) groups is 3. The fraction of sp³-hybridized carbons (Fsp3) is 0.769. The summed E-state index contributed by atoms with van der Waals surface area (Å²) in [4.78, 5) is 33.8. The van der Waals surface area contributed by atoms with Crippen molar-refractivity contribution in [3.63, 3.8) is 0 Å². The smallest absolute Gasteiger partial charge is 0.326 e. The van der Waals surface area contributed by atoms with Crippen LogP contribution in [0, 0.1) is 5.92 Å². The van der Waals surface area contributed by atoms with E-state index in [9.17, 15) is 14.4 Å². The van der Waals surface area contributed by atoms with Crippen molar-refractivity contribution in [2.45, 2.75) is 51.1 Å². The maximum absolute atomic E-state index is 12.1. The van der Waals surface area contributed by atoms with Crippen LogP contribution in [-0.2, 0) is 14.4 Å². The van der Waals surface area contributed by atoms with Gasteiger partial charge in [-0.1, -0.05) is 13.3 Å². The molecule has 1 fully saturated rings. The molecule has 0 saturated carbocycles. The van der Waals surface area contributed by atoms with Crippen molar-refractivity contribution in [2.75, 3.05) is 6.54 Å². The zero-order valence-corrected chi connectivity index (χ0v) is 11.7. The number of hydrogen-bond acceptors (Lipinski definition) is 4. The average molecular weight is 285 g/mol. The number of carboxylic acids is 1. The molecule has 0 radical (unpaired) electrons. The van der Waals surface area contributed by atoms with E-state index in [1.54, 1.807) is 0 Å². The maximum Gasteiger partial charge on any atom is 0.326 e. The first-order valence-electron chi connectivity index (χ1n) is 6.98. The first-order chi connectivity index (χ1) is 9.43. The highest BCUT2D eigenvalue weighted by molar-refractivity contribution is 5.87. The quantitative estimate of drug-likeness (QED) is 0.507. The molecule has 5 N–H and O–H groups in total. The van der Waals surface area contributed by atoms with Gasteiger partial charge in [0.05, 0.1) is 6.04 Å². The van der Waals surface area contributed by atoms with E-state index in [1.807, 2.05) is 0 Å². The van der Waals surface area contributed by atoms with Crippen LogP contribution < -0.4 is 16.4 Å². The van der Waals surface area contributed by atoms with Crippen molar-refractivity contribution in [1.82, 2.24) is 10.6 Å². The van der Waals surface area contributed by atoms with Gasteiger partial charge in [0.2, 0.25) is 11.8 Å². The lowest BCUT2D eigenvalue weighted by atomic mass is 9.90. The molecule has 0 aromatic rings. The molecule has 20 heavy (non-hydrogen) atoms. The van der Waals surface area contributed by atoms with E-state index in [-0.39, 0.29) is 24.8 Å². The van der Waals surface area contributed by atoms with Crippen molar-refractivity contribution in [3.8, 4) is 0 Å². The Morgan fingerprint density at radius 2 is 2.15 bits per heavy atom. The molecule has 1 heterocycles. The second-order valence-corrected chi connectivity index (χ2v) is 5.21. The van der Waals surface area contributed by atoms with Gasteiger partial charge in [-0.2, -0.15) is 0 Å². The highest BCUT2D eigenvalue weighted by Crippen LogP contribution is 2.19. The molecule has 0 bridgehead atoms. The number of primary amides is 1. The molecule has 2 amide bonds. The molecule has 1 saturated heterocycles. The number of rotatable bonds is 7. The molecule has 1 rings (SSSR count). The Morgan fingerprint density at radius 3 is 2.70 bits per heavy atom. The van der Waals surface area contributed by atoms with Crippen LogP contribution in [0.1, 0.15) is 39.0 Å². The number of amides is 2. The summed E-state index contributed by atoms with van der Waals surface area (Å²) in [6.07, 6.45) is 2.71. The molecule has 1 aliphatic rings. The van der Waals surface area contributed by atoms with Crippen LogP contribution in [0.2, 0.25) is 0 Å². The first kappa shape index (κ1) is 16.4. The molecule has 7 heteroatoms. The van der Waals surface area contributed by atoms with Crippen LogP contribution in [0.5, 0.6) is 0 Å². The fourth-order valence-corrected chi connectivity index (χ4v) is 2.38. The van der Waals surface area contributed by atoms with Gasteiger partial charge in [0.15, 0.2) is 0 Å². The highest BCUT2D eigenvalue weighted by Gasteiger charge is 2.29. The minimum Gasteiger partial charge on any atom is -0.480 e. The highest BCUT2D eigenvalue weighted by atomic mass is 16.4. The minimum absolute atomic E-state index is 0.0142. The third-order valence-electron chi connectivity index (χ3n) is 3.70. The summed E-state index contributed by atoms with van der Waals surface area (Å²) in [7, 11) is 0. The zero-order chi connectivity index (χ0) is 15.1. The number of aliphatic carboxylic acids is 1. The summed E-state index contributed by atoms with van der Waals surface area (Å²) in [5.74, 6) is -1.56. The minimum atomic E-state index is -1.15. The predicted molar refractivity (Wildman–Crippen MR) is 72.8 cm³/mol. The van der Waals surface area contributed by atoms with Crippen molar-refractivity contribution >= 4 is 17.8 Å². The number of nitrogens with one attached hydrogen (secondary N) is 2. The lowest BCUT2D eigenvalue weighted by Gasteiger charge is -2.29. The van der Waals surface area contributed by atoms with E-state index in [2.05, 4.69) is 17.6 Å². The Kier molecular flexibility index (Phi) is 6.44. The fourth-order valence-electron chi connectivity index (χ4n) is 2.38. The standard InChI is InChI=1S/C13H23N3O4/c1-2-8-5-6-15-10(7-8)12(18)16-9(13(19)20)3-4-11(14)17/h8-10,15H,2-7H2,1H3,(H2,14,17)(H,16,18)(H,19,20)/t8?,9-,10?/m1/s1. The maximum atomic E-state index is 12.1. The number of piperidine rings is 1. The Bertz CT molecular complexity index is 373. The van der Waals surface area contributed by atoms with E-state index >= 15 is 0 Å². The van der Waals surface area contributed by atoms with Gasteiger partial charge in [-0.3, -0.25) is 9.59 Å². The van der Waals surface area contributed by atoms with Gasteiger partial charge in [0.25, 0.3) is 0 Å². The number of carbonyl (C=O) groups excluding carboxylic acids is 2. The molecule has 114 valence electrons. The SMILES string of the molecule is CCC1CCNC(C(=O)N[C@H](CCC(N)=O)C(=O)O)C1. The second kappa shape index (κ2) is 7.84. The van der Waals surface area contributed by atoms with Crippen molar-refractivity contribution in [3.05, 3.63) is 0 Å².